The first-order valence-electron chi connectivity index (χ1n) is 9.86. The molecule has 0 saturated carbocycles. The zero-order valence-corrected chi connectivity index (χ0v) is 18.0. The maximum atomic E-state index is 12.5. The Morgan fingerprint density at radius 2 is 1.52 bits per heavy atom. The van der Waals surface area contributed by atoms with Crippen molar-refractivity contribution in [3.63, 3.8) is 0 Å². The van der Waals surface area contributed by atoms with E-state index in [1.165, 1.54) is 38.5 Å². The molecule has 1 N–H and O–H groups in total. The topological polar surface area (TPSA) is 66.0 Å². The number of hydrogen-bond donors (Lipinski definition) is 1. The minimum atomic E-state index is -4.47. The van der Waals surface area contributed by atoms with Gasteiger partial charge >= 0.3 is 12.8 Å². The van der Waals surface area contributed by atoms with Crippen molar-refractivity contribution in [2.24, 2.45) is 0 Å². The van der Waals surface area contributed by atoms with Crippen LogP contribution in [0.5, 0.6) is 23.0 Å². The van der Waals surface area contributed by atoms with Crippen molar-refractivity contribution in [2.45, 2.75) is 32.1 Å². The normalized spacial score (nSPS) is 11.3. The highest BCUT2D eigenvalue weighted by Gasteiger charge is 2.29. The molecule has 0 atom stereocenters. The van der Waals surface area contributed by atoms with Gasteiger partial charge in [-0.15, -0.1) is 0 Å². The molecule has 0 aliphatic heterocycles. The molecule has 0 radical (unpaired) electrons. The lowest BCUT2D eigenvalue weighted by Gasteiger charge is -2.13. The van der Waals surface area contributed by atoms with Gasteiger partial charge in [-0.25, -0.2) is 0 Å². The van der Waals surface area contributed by atoms with E-state index >= 15 is 0 Å². The number of methoxy groups -OCH3 is 2. The summed E-state index contributed by atoms with van der Waals surface area (Å²) in [6.07, 6.45) is -3.62. The molecule has 2 aromatic rings. The average Bonchev–Trinajstić information content (AvgIpc) is 2.75. The van der Waals surface area contributed by atoms with Crippen LogP contribution in [0.1, 0.15) is 17.5 Å². The summed E-state index contributed by atoms with van der Waals surface area (Å²) in [4.78, 5) is 12.1. The Labute approximate surface area is 187 Å². The van der Waals surface area contributed by atoms with Crippen molar-refractivity contribution in [1.82, 2.24) is 5.32 Å². The fourth-order valence-electron chi connectivity index (χ4n) is 2.90. The Bertz CT molecular complexity index is 921. The predicted octanol–water partition coefficient (Wildman–Crippen LogP) is 4.54. The van der Waals surface area contributed by atoms with Crippen LogP contribution in [0.2, 0.25) is 0 Å². The fraction of sp³-hybridized carbons (Fsp3) is 0.409. The van der Waals surface area contributed by atoms with E-state index in [1.54, 1.807) is 12.1 Å². The number of carbonyl (C=O) groups excluding carboxylic acids is 1. The van der Waals surface area contributed by atoms with Crippen LogP contribution in [-0.4, -0.2) is 46.1 Å². The van der Waals surface area contributed by atoms with Gasteiger partial charge in [-0.05, 0) is 48.2 Å². The summed E-state index contributed by atoms with van der Waals surface area (Å²) in [5, 5.41) is 2.73. The summed E-state index contributed by atoms with van der Waals surface area (Å²) in [7, 11) is 2.65. The number of nitrogens with one attached hydrogen (secondary N) is 1. The van der Waals surface area contributed by atoms with E-state index in [0.717, 1.165) is 0 Å². The zero-order valence-electron chi connectivity index (χ0n) is 18.0. The van der Waals surface area contributed by atoms with Crippen LogP contribution < -0.4 is 24.3 Å². The molecule has 11 heteroatoms. The van der Waals surface area contributed by atoms with Crippen molar-refractivity contribution >= 4 is 5.91 Å². The summed E-state index contributed by atoms with van der Waals surface area (Å²) in [6, 6.07) is 9.04. The summed E-state index contributed by atoms with van der Waals surface area (Å²) < 4.78 is 81.2. The number of benzene rings is 2. The Morgan fingerprint density at radius 3 is 2.12 bits per heavy atom. The van der Waals surface area contributed by atoms with E-state index in [9.17, 15) is 26.7 Å². The van der Waals surface area contributed by atoms with Crippen LogP contribution in [0.4, 0.5) is 22.0 Å². The monoisotopic (exact) mass is 477 g/mol. The molecule has 0 saturated heterocycles. The third-order valence-electron chi connectivity index (χ3n) is 4.44. The molecular weight excluding hydrogens is 453 g/mol. The highest BCUT2D eigenvalue weighted by molar-refractivity contribution is 5.76. The third kappa shape index (κ3) is 9.03. The molecule has 0 unspecified atom stereocenters. The van der Waals surface area contributed by atoms with Crippen molar-refractivity contribution in [2.75, 3.05) is 27.4 Å². The summed E-state index contributed by atoms with van der Waals surface area (Å²) in [5.41, 5.74) is 1.36. The lowest BCUT2D eigenvalue weighted by Crippen LogP contribution is -2.25. The van der Waals surface area contributed by atoms with Crippen LogP contribution in [0.25, 0.3) is 0 Å². The van der Waals surface area contributed by atoms with E-state index in [0.29, 0.717) is 24.0 Å². The number of halogens is 5. The quantitative estimate of drug-likeness (QED) is 0.455. The molecule has 6 nitrogen and oxygen atoms in total. The summed E-state index contributed by atoms with van der Waals surface area (Å²) >= 11 is 0. The Morgan fingerprint density at radius 1 is 0.909 bits per heavy atom. The molecule has 0 aliphatic rings. The molecule has 1 amide bonds. The van der Waals surface area contributed by atoms with Gasteiger partial charge < -0.3 is 24.3 Å². The van der Waals surface area contributed by atoms with E-state index in [4.69, 9.17) is 14.2 Å². The third-order valence-corrected chi connectivity index (χ3v) is 4.44. The van der Waals surface area contributed by atoms with Crippen molar-refractivity contribution < 1.29 is 45.7 Å². The first-order chi connectivity index (χ1) is 15.6. The van der Waals surface area contributed by atoms with Crippen LogP contribution in [0, 0.1) is 0 Å². The van der Waals surface area contributed by atoms with Crippen LogP contribution in [-0.2, 0) is 17.6 Å². The van der Waals surface area contributed by atoms with Gasteiger partial charge in [0.25, 0.3) is 0 Å². The van der Waals surface area contributed by atoms with Gasteiger partial charge in [0, 0.05) is 13.0 Å². The second-order valence-corrected chi connectivity index (χ2v) is 6.85. The van der Waals surface area contributed by atoms with Gasteiger partial charge in [-0.3, -0.25) is 4.79 Å². The SMILES string of the molecule is COc1cc(CCC(=O)NCCc2ccc(OC)c(OC(F)F)c2)ccc1OCC(F)(F)F. The van der Waals surface area contributed by atoms with E-state index in [1.807, 2.05) is 0 Å². The number of alkyl halides is 5. The summed E-state index contributed by atoms with van der Waals surface area (Å²) in [6.45, 7) is -4.15. The lowest BCUT2D eigenvalue weighted by atomic mass is 10.1. The van der Waals surface area contributed by atoms with E-state index < -0.39 is 19.4 Å². The smallest absolute Gasteiger partial charge is 0.422 e. The summed E-state index contributed by atoms with van der Waals surface area (Å²) in [5.74, 6) is -0.0682. The van der Waals surface area contributed by atoms with Gasteiger partial charge in [0.15, 0.2) is 29.6 Å². The largest absolute Gasteiger partial charge is 0.493 e. The number of rotatable bonds is 12. The maximum Gasteiger partial charge on any atom is 0.422 e. The lowest BCUT2D eigenvalue weighted by molar-refractivity contribution is -0.153. The Balaban J connectivity index is 1.83. The first kappa shape index (κ1) is 26.0. The van der Waals surface area contributed by atoms with Gasteiger partial charge in [0.1, 0.15) is 0 Å². The minimum Gasteiger partial charge on any atom is -0.493 e. The average molecular weight is 477 g/mol. The fourth-order valence-corrected chi connectivity index (χ4v) is 2.90. The Kier molecular flexibility index (Phi) is 9.56. The van der Waals surface area contributed by atoms with Gasteiger partial charge in [0.05, 0.1) is 14.2 Å². The van der Waals surface area contributed by atoms with Crippen molar-refractivity contribution in [1.29, 1.82) is 0 Å². The minimum absolute atomic E-state index is 0.0438. The Hall–Kier alpha value is -3.24. The number of amides is 1. The van der Waals surface area contributed by atoms with Crippen LogP contribution >= 0.6 is 0 Å². The van der Waals surface area contributed by atoms with Crippen molar-refractivity contribution in [3.8, 4) is 23.0 Å². The second-order valence-electron chi connectivity index (χ2n) is 6.85. The molecule has 0 aliphatic carbocycles. The molecule has 33 heavy (non-hydrogen) atoms. The van der Waals surface area contributed by atoms with E-state index in [2.05, 4.69) is 10.1 Å². The molecule has 2 rings (SSSR count). The molecule has 2 aromatic carbocycles. The standard InChI is InChI=1S/C22H24F5NO5/c1-30-16-6-3-15(12-19(16)33-21(23)24)9-10-28-20(29)8-5-14-4-7-17(18(11-14)31-2)32-13-22(25,26)27/h3-4,6-7,11-12,21H,5,8-10,13H2,1-2H3,(H,28,29). The molecular formula is C22H24F5NO5. The highest BCUT2D eigenvalue weighted by Crippen LogP contribution is 2.31. The number of hydrogen-bond acceptors (Lipinski definition) is 5. The van der Waals surface area contributed by atoms with Crippen LogP contribution in [0.3, 0.4) is 0 Å². The number of carbonyl (C=O) groups is 1. The van der Waals surface area contributed by atoms with E-state index in [-0.39, 0.29) is 41.9 Å². The molecule has 0 spiro atoms. The van der Waals surface area contributed by atoms with Crippen molar-refractivity contribution in [3.05, 3.63) is 47.5 Å². The second kappa shape index (κ2) is 12.1. The van der Waals surface area contributed by atoms with Gasteiger partial charge in [-0.2, -0.15) is 22.0 Å². The highest BCUT2D eigenvalue weighted by atomic mass is 19.4. The van der Waals surface area contributed by atoms with Gasteiger partial charge in [0.2, 0.25) is 5.91 Å². The molecule has 0 heterocycles. The van der Waals surface area contributed by atoms with Gasteiger partial charge in [-0.1, -0.05) is 12.1 Å². The zero-order chi connectivity index (χ0) is 24.4. The molecule has 0 aromatic heterocycles. The number of ether oxygens (including phenoxy) is 4. The predicted molar refractivity (Wildman–Crippen MR) is 109 cm³/mol. The first-order valence-corrected chi connectivity index (χ1v) is 9.86. The molecule has 0 fully saturated rings. The molecule has 0 bridgehead atoms. The number of aryl methyl sites for hydroxylation is 1. The maximum absolute atomic E-state index is 12.5. The molecule has 182 valence electrons. The van der Waals surface area contributed by atoms with Crippen LogP contribution in [0.15, 0.2) is 36.4 Å².